The van der Waals surface area contributed by atoms with Crippen molar-refractivity contribution in [2.75, 3.05) is 20.2 Å². The van der Waals surface area contributed by atoms with Crippen molar-refractivity contribution in [2.24, 2.45) is 11.8 Å². The van der Waals surface area contributed by atoms with E-state index in [1.54, 1.807) is 12.1 Å². The molecule has 0 radical (unpaired) electrons. The van der Waals surface area contributed by atoms with Crippen molar-refractivity contribution in [3.8, 4) is 5.75 Å². The highest BCUT2D eigenvalue weighted by molar-refractivity contribution is 9.11. The number of halogens is 2. The molecule has 0 aromatic heterocycles. The maximum absolute atomic E-state index is 11.7. The number of nitrogens with zero attached hydrogens (tertiary/aromatic N) is 1. The van der Waals surface area contributed by atoms with Gasteiger partial charge in [-0.25, -0.2) is 4.79 Å². The van der Waals surface area contributed by atoms with Crippen molar-refractivity contribution in [3.63, 3.8) is 0 Å². The van der Waals surface area contributed by atoms with Crippen LogP contribution in [-0.2, 0) is 4.74 Å². The van der Waals surface area contributed by atoms with Crippen LogP contribution in [0.4, 0.5) is 0 Å². The van der Waals surface area contributed by atoms with Gasteiger partial charge in [0.15, 0.2) is 5.75 Å². The molecular weight excluding hydrogens is 458 g/mol. The lowest BCUT2D eigenvalue weighted by atomic mass is 10.1. The number of carbonyl (C=O) groups excluding carboxylic acids is 1. The van der Waals surface area contributed by atoms with Crippen molar-refractivity contribution < 1.29 is 14.3 Å². The van der Waals surface area contributed by atoms with E-state index in [-0.39, 0.29) is 0 Å². The smallest absolute Gasteiger partial charge is 0.337 e. The van der Waals surface area contributed by atoms with Crippen LogP contribution >= 0.6 is 44.1 Å². The zero-order chi connectivity index (χ0) is 18.4. The highest BCUT2D eigenvalue weighted by atomic mass is 79.9. The van der Waals surface area contributed by atoms with E-state index in [9.17, 15) is 4.79 Å². The van der Waals surface area contributed by atoms with E-state index in [1.165, 1.54) is 7.11 Å². The van der Waals surface area contributed by atoms with Gasteiger partial charge in [-0.2, -0.15) is 0 Å². The van der Waals surface area contributed by atoms with Gasteiger partial charge in [-0.1, -0.05) is 27.7 Å². The monoisotopic (exact) mass is 479 g/mol. The molecule has 0 atom stereocenters. The van der Waals surface area contributed by atoms with Crippen molar-refractivity contribution >= 4 is 55.2 Å². The summed E-state index contributed by atoms with van der Waals surface area (Å²) in [5.74, 6) is 1.08. The molecule has 4 nitrogen and oxygen atoms in total. The third-order valence-corrected chi connectivity index (χ3v) is 4.56. The second-order valence-corrected chi connectivity index (χ2v) is 8.38. The Morgan fingerprint density at radius 1 is 1.12 bits per heavy atom. The summed E-state index contributed by atoms with van der Waals surface area (Å²) < 4.78 is 11.9. The van der Waals surface area contributed by atoms with Gasteiger partial charge in [0.05, 0.1) is 21.6 Å². The van der Waals surface area contributed by atoms with Gasteiger partial charge in [-0.05, 0) is 68.0 Å². The summed E-state index contributed by atoms with van der Waals surface area (Å²) in [6.45, 7) is 10.2. The Morgan fingerprint density at radius 2 is 1.58 bits per heavy atom. The first-order chi connectivity index (χ1) is 11.1. The first-order valence-corrected chi connectivity index (χ1v) is 9.69. The topological polar surface area (TPSA) is 38.8 Å². The number of ether oxygens (including phenoxy) is 2. The van der Waals surface area contributed by atoms with Crippen LogP contribution in [0.5, 0.6) is 5.75 Å². The Balaban J connectivity index is 3.01. The molecule has 0 unspecified atom stereocenters. The molecule has 24 heavy (non-hydrogen) atoms. The summed E-state index contributed by atoms with van der Waals surface area (Å²) >= 11 is 12.4. The van der Waals surface area contributed by atoms with Crippen LogP contribution in [0.1, 0.15) is 38.1 Å². The minimum absolute atomic E-state index is 0.410. The summed E-state index contributed by atoms with van der Waals surface area (Å²) in [4.78, 5) is 13.7. The summed E-state index contributed by atoms with van der Waals surface area (Å²) in [6, 6.07) is 3.31. The third kappa shape index (κ3) is 6.33. The predicted molar refractivity (Wildman–Crippen MR) is 108 cm³/mol. The molecule has 134 valence electrons. The number of rotatable bonds is 6. The number of methoxy groups -OCH3 is 1. The fraction of sp³-hybridized carbons (Fsp3) is 0.529. The SMILES string of the molecule is COC(=O)c1cc(Br)c(OC(=S)N(CC(C)C)CC(C)C)c(Br)c1. The molecule has 0 aliphatic heterocycles. The van der Waals surface area contributed by atoms with Gasteiger partial charge in [-0.3, -0.25) is 0 Å². The molecule has 0 heterocycles. The minimum Gasteiger partial charge on any atom is -0.465 e. The Bertz CT molecular complexity index is 572. The van der Waals surface area contributed by atoms with E-state index >= 15 is 0 Å². The largest absolute Gasteiger partial charge is 0.465 e. The number of hydrogen-bond donors (Lipinski definition) is 0. The number of benzene rings is 1. The molecule has 0 aliphatic carbocycles. The molecule has 1 rings (SSSR count). The summed E-state index contributed by atoms with van der Waals surface area (Å²) in [5, 5.41) is 0.421. The minimum atomic E-state index is -0.410. The average Bonchev–Trinajstić information content (AvgIpc) is 2.47. The zero-order valence-corrected chi connectivity index (χ0v) is 18.5. The van der Waals surface area contributed by atoms with E-state index < -0.39 is 5.97 Å². The lowest BCUT2D eigenvalue weighted by Crippen LogP contribution is -2.38. The Hall–Kier alpha value is -0.660. The molecule has 0 amide bonds. The first kappa shape index (κ1) is 21.4. The van der Waals surface area contributed by atoms with Gasteiger partial charge in [0.2, 0.25) is 0 Å². The Morgan fingerprint density at radius 3 is 1.96 bits per heavy atom. The highest BCUT2D eigenvalue weighted by Gasteiger charge is 2.19. The van der Waals surface area contributed by atoms with Gasteiger partial charge in [0.1, 0.15) is 0 Å². The van der Waals surface area contributed by atoms with Gasteiger partial charge in [0.25, 0.3) is 5.17 Å². The van der Waals surface area contributed by atoms with Crippen molar-refractivity contribution in [1.82, 2.24) is 4.90 Å². The molecule has 7 heteroatoms. The fourth-order valence-corrected chi connectivity index (χ4v) is 3.73. The molecule has 0 bridgehead atoms. The fourth-order valence-electron chi connectivity index (χ4n) is 2.15. The van der Waals surface area contributed by atoms with Crippen LogP contribution in [0, 0.1) is 11.8 Å². The van der Waals surface area contributed by atoms with Crippen LogP contribution in [0.3, 0.4) is 0 Å². The van der Waals surface area contributed by atoms with E-state index in [2.05, 4.69) is 64.5 Å². The average molecular weight is 481 g/mol. The van der Waals surface area contributed by atoms with Crippen LogP contribution in [0.15, 0.2) is 21.1 Å². The predicted octanol–water partition coefficient (Wildman–Crippen LogP) is 5.28. The second kappa shape index (κ2) is 9.73. The van der Waals surface area contributed by atoms with E-state index in [0.717, 1.165) is 13.1 Å². The van der Waals surface area contributed by atoms with Gasteiger partial charge in [0, 0.05) is 13.1 Å². The molecule has 0 saturated carbocycles. The van der Waals surface area contributed by atoms with Gasteiger partial charge < -0.3 is 14.4 Å². The molecule has 0 fully saturated rings. The molecule has 0 N–H and O–H groups in total. The van der Waals surface area contributed by atoms with Crippen molar-refractivity contribution in [3.05, 3.63) is 26.6 Å². The molecule has 1 aromatic carbocycles. The normalized spacial score (nSPS) is 10.9. The lowest BCUT2D eigenvalue weighted by molar-refractivity contribution is 0.0600. The number of hydrogen-bond acceptors (Lipinski definition) is 4. The standard InChI is InChI=1S/C17H23Br2NO3S/c1-10(2)8-20(9-11(3)4)17(24)23-15-13(18)6-12(7-14(15)19)16(21)22-5/h6-7,10-11H,8-9H2,1-5H3. The van der Waals surface area contributed by atoms with Crippen LogP contribution < -0.4 is 4.74 Å². The molecule has 0 spiro atoms. The van der Waals surface area contributed by atoms with Crippen LogP contribution in [-0.4, -0.2) is 36.2 Å². The Kier molecular flexibility index (Phi) is 8.67. The Labute approximate surface area is 166 Å². The van der Waals surface area contributed by atoms with E-state index in [4.69, 9.17) is 21.7 Å². The van der Waals surface area contributed by atoms with Crippen LogP contribution in [0.2, 0.25) is 0 Å². The maximum atomic E-state index is 11.7. The highest BCUT2D eigenvalue weighted by Crippen LogP contribution is 2.35. The number of esters is 1. The third-order valence-electron chi connectivity index (χ3n) is 3.04. The quantitative estimate of drug-likeness (QED) is 0.409. The zero-order valence-electron chi connectivity index (χ0n) is 14.6. The van der Waals surface area contributed by atoms with E-state index in [0.29, 0.717) is 37.3 Å². The number of carbonyl (C=O) groups is 1. The van der Waals surface area contributed by atoms with Crippen LogP contribution in [0.25, 0.3) is 0 Å². The molecule has 0 saturated heterocycles. The van der Waals surface area contributed by atoms with Gasteiger partial charge in [-0.15, -0.1) is 0 Å². The summed E-state index contributed by atoms with van der Waals surface area (Å²) in [6.07, 6.45) is 0. The molecule has 0 aliphatic rings. The lowest BCUT2D eigenvalue weighted by Gasteiger charge is -2.28. The number of thiocarbonyl (C=S) groups is 1. The van der Waals surface area contributed by atoms with Crippen molar-refractivity contribution in [2.45, 2.75) is 27.7 Å². The maximum Gasteiger partial charge on any atom is 0.337 e. The van der Waals surface area contributed by atoms with Gasteiger partial charge >= 0.3 is 5.97 Å². The summed E-state index contributed by atoms with van der Waals surface area (Å²) in [7, 11) is 1.35. The molecule has 1 aromatic rings. The first-order valence-electron chi connectivity index (χ1n) is 7.69. The summed E-state index contributed by atoms with van der Waals surface area (Å²) in [5.41, 5.74) is 0.427. The second-order valence-electron chi connectivity index (χ2n) is 6.32. The van der Waals surface area contributed by atoms with Crippen molar-refractivity contribution in [1.29, 1.82) is 0 Å². The van der Waals surface area contributed by atoms with E-state index in [1.807, 2.05) is 0 Å². The molecular formula is C17H23Br2NO3S.